The number of aryl methyl sites for hydroxylation is 1. The Hall–Kier alpha value is -2.08. The summed E-state index contributed by atoms with van der Waals surface area (Å²) in [7, 11) is 1.56. The largest absolute Gasteiger partial charge is 0.493 e. The third kappa shape index (κ3) is 6.33. The summed E-state index contributed by atoms with van der Waals surface area (Å²) < 4.78 is 10.7. The van der Waals surface area contributed by atoms with Gasteiger partial charge in [-0.3, -0.25) is 0 Å². The van der Waals surface area contributed by atoms with Crippen molar-refractivity contribution < 1.29 is 19.7 Å². The fourth-order valence-electron chi connectivity index (χ4n) is 2.73. The Balaban J connectivity index is 1.85. The zero-order valence-corrected chi connectivity index (χ0v) is 15.5. The van der Waals surface area contributed by atoms with Crippen molar-refractivity contribution in [1.82, 2.24) is 5.32 Å². The van der Waals surface area contributed by atoms with E-state index >= 15 is 0 Å². The Morgan fingerprint density at radius 3 is 2.54 bits per heavy atom. The molecule has 2 aromatic carbocycles. The highest BCUT2D eigenvalue weighted by Crippen LogP contribution is 2.30. The minimum Gasteiger partial charge on any atom is -0.493 e. The molecule has 0 bridgehead atoms. The first-order chi connectivity index (χ1) is 12.6. The number of nitrogens with one attached hydrogen (secondary N) is 1. The molecular formula is C21H29NO4. The molecule has 0 aliphatic heterocycles. The van der Waals surface area contributed by atoms with E-state index in [1.54, 1.807) is 19.2 Å². The second kappa shape index (κ2) is 10.8. The van der Waals surface area contributed by atoms with Crippen LogP contribution in [0.25, 0.3) is 0 Å². The van der Waals surface area contributed by atoms with Gasteiger partial charge in [-0.15, -0.1) is 0 Å². The van der Waals surface area contributed by atoms with Gasteiger partial charge < -0.3 is 25.0 Å². The van der Waals surface area contributed by atoms with Gasteiger partial charge in [-0.2, -0.15) is 0 Å². The molecule has 0 fully saturated rings. The maximum absolute atomic E-state index is 10.5. The van der Waals surface area contributed by atoms with Crippen molar-refractivity contribution in [2.24, 2.45) is 0 Å². The first-order valence-corrected chi connectivity index (χ1v) is 9.01. The number of rotatable bonds is 11. The molecule has 5 heteroatoms. The summed E-state index contributed by atoms with van der Waals surface area (Å²) in [4.78, 5) is 0. The molecule has 2 atom stereocenters. The highest BCUT2D eigenvalue weighted by molar-refractivity contribution is 5.43. The first kappa shape index (κ1) is 20.2. The van der Waals surface area contributed by atoms with E-state index in [4.69, 9.17) is 14.6 Å². The number of hydrogen-bond donors (Lipinski definition) is 3. The van der Waals surface area contributed by atoms with Gasteiger partial charge in [0.2, 0.25) is 0 Å². The molecule has 0 spiro atoms. The van der Waals surface area contributed by atoms with Crippen molar-refractivity contribution in [3.05, 3.63) is 59.7 Å². The van der Waals surface area contributed by atoms with Crippen molar-refractivity contribution in [1.29, 1.82) is 0 Å². The van der Waals surface area contributed by atoms with Gasteiger partial charge in [-0.1, -0.05) is 36.4 Å². The molecule has 0 aliphatic rings. The molecule has 5 nitrogen and oxygen atoms in total. The maximum atomic E-state index is 10.5. The van der Waals surface area contributed by atoms with E-state index in [1.165, 1.54) is 5.56 Å². The molecule has 26 heavy (non-hydrogen) atoms. The van der Waals surface area contributed by atoms with Crippen LogP contribution in [-0.4, -0.2) is 43.1 Å². The van der Waals surface area contributed by atoms with E-state index in [0.29, 0.717) is 24.1 Å². The van der Waals surface area contributed by atoms with Gasteiger partial charge in [0.25, 0.3) is 0 Å². The molecule has 0 radical (unpaired) electrons. The summed E-state index contributed by atoms with van der Waals surface area (Å²) in [6.45, 7) is 2.70. The number of benzene rings is 2. The van der Waals surface area contributed by atoms with Crippen LogP contribution in [-0.2, 0) is 6.42 Å². The lowest BCUT2D eigenvalue weighted by molar-refractivity contribution is 0.168. The third-order valence-corrected chi connectivity index (χ3v) is 4.29. The monoisotopic (exact) mass is 359 g/mol. The summed E-state index contributed by atoms with van der Waals surface area (Å²) >= 11 is 0. The number of hydrogen-bond acceptors (Lipinski definition) is 5. The lowest BCUT2D eigenvalue weighted by Gasteiger charge is -2.19. The lowest BCUT2D eigenvalue weighted by atomic mass is 10.1. The van der Waals surface area contributed by atoms with Crippen LogP contribution in [0.3, 0.4) is 0 Å². The van der Waals surface area contributed by atoms with Crippen molar-refractivity contribution in [3.63, 3.8) is 0 Å². The van der Waals surface area contributed by atoms with E-state index < -0.39 is 6.10 Å². The molecule has 2 rings (SSSR count). The van der Waals surface area contributed by atoms with Crippen LogP contribution in [0.5, 0.6) is 11.5 Å². The van der Waals surface area contributed by atoms with Gasteiger partial charge in [0, 0.05) is 12.6 Å². The Morgan fingerprint density at radius 2 is 1.85 bits per heavy atom. The van der Waals surface area contributed by atoms with E-state index in [-0.39, 0.29) is 13.2 Å². The van der Waals surface area contributed by atoms with Gasteiger partial charge in [-0.05, 0) is 43.0 Å². The number of aliphatic hydroxyl groups is 2. The molecule has 2 aromatic rings. The van der Waals surface area contributed by atoms with E-state index in [9.17, 15) is 5.11 Å². The predicted octanol–water partition coefficient (Wildman–Crippen LogP) is 2.71. The number of methoxy groups -OCH3 is 1. The van der Waals surface area contributed by atoms with Gasteiger partial charge >= 0.3 is 0 Å². The average Bonchev–Trinajstić information content (AvgIpc) is 2.69. The first-order valence-electron chi connectivity index (χ1n) is 9.01. The SMILES string of the molecule is COc1ccc(C(O)CNC(C)CCc2ccccc2)cc1OCCO. The Kier molecular flexibility index (Phi) is 8.41. The van der Waals surface area contributed by atoms with Gasteiger partial charge in [0.1, 0.15) is 6.61 Å². The molecule has 0 aliphatic carbocycles. The fourth-order valence-corrected chi connectivity index (χ4v) is 2.73. The van der Waals surface area contributed by atoms with Crippen LogP contribution >= 0.6 is 0 Å². The van der Waals surface area contributed by atoms with Crippen LogP contribution in [0.2, 0.25) is 0 Å². The second-order valence-electron chi connectivity index (χ2n) is 6.33. The molecule has 0 saturated heterocycles. The van der Waals surface area contributed by atoms with Crippen molar-refractivity contribution in [2.75, 3.05) is 26.9 Å². The summed E-state index contributed by atoms with van der Waals surface area (Å²) in [5.41, 5.74) is 2.07. The summed E-state index contributed by atoms with van der Waals surface area (Å²) in [5.74, 6) is 1.11. The highest BCUT2D eigenvalue weighted by Gasteiger charge is 2.13. The fraction of sp³-hybridized carbons (Fsp3) is 0.429. The zero-order chi connectivity index (χ0) is 18.8. The topological polar surface area (TPSA) is 71.0 Å². The third-order valence-electron chi connectivity index (χ3n) is 4.29. The quantitative estimate of drug-likeness (QED) is 0.575. The normalized spacial score (nSPS) is 13.2. The molecule has 0 aromatic heterocycles. The zero-order valence-electron chi connectivity index (χ0n) is 15.5. The van der Waals surface area contributed by atoms with Gasteiger partial charge in [0.15, 0.2) is 11.5 Å². The molecule has 2 unspecified atom stereocenters. The Labute approximate surface area is 155 Å². The van der Waals surface area contributed by atoms with E-state index in [2.05, 4.69) is 36.5 Å². The number of ether oxygens (including phenoxy) is 2. The van der Waals surface area contributed by atoms with Crippen molar-refractivity contribution in [3.8, 4) is 11.5 Å². The molecular weight excluding hydrogens is 330 g/mol. The predicted molar refractivity (Wildman–Crippen MR) is 103 cm³/mol. The lowest BCUT2D eigenvalue weighted by Crippen LogP contribution is -2.30. The van der Waals surface area contributed by atoms with Gasteiger partial charge in [-0.25, -0.2) is 0 Å². The second-order valence-corrected chi connectivity index (χ2v) is 6.33. The minimum atomic E-state index is -0.642. The molecule has 0 amide bonds. The maximum Gasteiger partial charge on any atom is 0.161 e. The smallest absolute Gasteiger partial charge is 0.161 e. The van der Waals surface area contributed by atoms with Crippen LogP contribution in [0, 0.1) is 0 Å². The summed E-state index contributed by atoms with van der Waals surface area (Å²) in [6.07, 6.45) is 1.37. The van der Waals surface area contributed by atoms with E-state index in [0.717, 1.165) is 18.4 Å². The highest BCUT2D eigenvalue weighted by atomic mass is 16.5. The van der Waals surface area contributed by atoms with Crippen molar-refractivity contribution in [2.45, 2.75) is 31.9 Å². The molecule has 142 valence electrons. The summed E-state index contributed by atoms with van der Waals surface area (Å²) in [5, 5.41) is 22.8. The van der Waals surface area contributed by atoms with Crippen LogP contribution in [0.15, 0.2) is 48.5 Å². The number of aliphatic hydroxyl groups excluding tert-OH is 2. The Morgan fingerprint density at radius 1 is 1.08 bits per heavy atom. The summed E-state index contributed by atoms with van der Waals surface area (Å²) in [6, 6.07) is 16.0. The molecule has 0 saturated carbocycles. The molecule has 0 heterocycles. The van der Waals surface area contributed by atoms with Gasteiger partial charge in [0.05, 0.1) is 19.8 Å². The standard InChI is InChI=1S/C21H29NO4/c1-16(8-9-17-6-4-3-5-7-17)22-15-19(24)18-10-11-20(25-2)21(14-18)26-13-12-23/h3-7,10-11,14,16,19,22-24H,8-9,12-13,15H2,1-2H3. The van der Waals surface area contributed by atoms with Crippen molar-refractivity contribution >= 4 is 0 Å². The van der Waals surface area contributed by atoms with Crippen LogP contribution < -0.4 is 14.8 Å². The molecule has 3 N–H and O–H groups in total. The average molecular weight is 359 g/mol. The Bertz CT molecular complexity index is 648. The van der Waals surface area contributed by atoms with E-state index in [1.807, 2.05) is 12.1 Å². The minimum absolute atomic E-state index is 0.0730. The van der Waals surface area contributed by atoms with Crippen LogP contribution in [0.4, 0.5) is 0 Å². The van der Waals surface area contributed by atoms with Crippen LogP contribution in [0.1, 0.15) is 30.6 Å².